The van der Waals surface area contributed by atoms with Crippen LogP contribution in [-0.2, 0) is 19.4 Å². The van der Waals surface area contributed by atoms with E-state index in [2.05, 4.69) is 10.6 Å². The van der Waals surface area contributed by atoms with Gasteiger partial charge in [-0.1, -0.05) is 0 Å². The van der Waals surface area contributed by atoms with Gasteiger partial charge < -0.3 is 15.4 Å². The Balaban J connectivity index is 1.85. The fraction of sp³-hybridized carbons (Fsp3) is 0.900. The third-order valence-corrected chi connectivity index (χ3v) is 4.87. The van der Waals surface area contributed by atoms with Crippen molar-refractivity contribution in [1.82, 2.24) is 10.6 Å². The molecule has 2 aliphatic heterocycles. The third kappa shape index (κ3) is 3.65. The number of hydrogen-bond acceptors (Lipinski definition) is 5. The van der Waals surface area contributed by atoms with Crippen molar-refractivity contribution in [3.8, 4) is 0 Å². The minimum atomic E-state index is -2.97. The van der Waals surface area contributed by atoms with E-state index >= 15 is 0 Å². The average molecular weight is 262 g/mol. The van der Waals surface area contributed by atoms with Crippen LogP contribution in [0.3, 0.4) is 0 Å². The van der Waals surface area contributed by atoms with Crippen LogP contribution < -0.4 is 10.6 Å². The predicted octanol–water partition coefficient (Wildman–Crippen LogP) is -1.33. The molecular formula is C10H18N2O4S. The van der Waals surface area contributed by atoms with E-state index in [-0.39, 0.29) is 29.5 Å². The Morgan fingerprint density at radius 1 is 1.41 bits per heavy atom. The van der Waals surface area contributed by atoms with E-state index in [1.165, 1.54) is 0 Å². The number of hydrogen-bond donors (Lipinski definition) is 2. The van der Waals surface area contributed by atoms with Crippen LogP contribution in [0.2, 0.25) is 0 Å². The summed E-state index contributed by atoms with van der Waals surface area (Å²) >= 11 is 0. The van der Waals surface area contributed by atoms with Crippen LogP contribution in [0.1, 0.15) is 12.8 Å². The normalized spacial score (nSPS) is 32.9. The van der Waals surface area contributed by atoms with E-state index in [0.717, 1.165) is 6.42 Å². The Morgan fingerprint density at radius 3 is 2.88 bits per heavy atom. The summed E-state index contributed by atoms with van der Waals surface area (Å²) in [6, 6.07) is -0.599. The molecule has 0 aliphatic carbocycles. The Morgan fingerprint density at radius 2 is 2.24 bits per heavy atom. The van der Waals surface area contributed by atoms with Gasteiger partial charge in [-0.25, -0.2) is 8.42 Å². The summed E-state index contributed by atoms with van der Waals surface area (Å²) in [4.78, 5) is 11.8. The van der Waals surface area contributed by atoms with Crippen molar-refractivity contribution in [3.63, 3.8) is 0 Å². The first-order valence-electron chi connectivity index (χ1n) is 5.89. The van der Waals surface area contributed by atoms with E-state index in [1.807, 2.05) is 0 Å². The van der Waals surface area contributed by atoms with Crippen molar-refractivity contribution in [2.24, 2.45) is 0 Å². The summed E-state index contributed by atoms with van der Waals surface area (Å²) in [6.45, 7) is 1.62. The van der Waals surface area contributed by atoms with Crippen molar-refractivity contribution in [3.05, 3.63) is 0 Å². The minimum Gasteiger partial charge on any atom is -0.378 e. The van der Waals surface area contributed by atoms with Gasteiger partial charge in [0.25, 0.3) is 0 Å². The zero-order valence-electron chi connectivity index (χ0n) is 9.65. The highest BCUT2D eigenvalue weighted by Crippen LogP contribution is 2.12. The maximum absolute atomic E-state index is 11.8. The second-order valence-electron chi connectivity index (χ2n) is 4.54. The lowest BCUT2D eigenvalue weighted by atomic mass is 10.1. The van der Waals surface area contributed by atoms with Gasteiger partial charge in [-0.15, -0.1) is 0 Å². The van der Waals surface area contributed by atoms with Gasteiger partial charge in [-0.3, -0.25) is 4.79 Å². The average Bonchev–Trinajstić information content (AvgIpc) is 2.29. The monoisotopic (exact) mass is 262 g/mol. The van der Waals surface area contributed by atoms with E-state index in [9.17, 15) is 13.2 Å². The largest absolute Gasteiger partial charge is 0.378 e. The second-order valence-corrected chi connectivity index (χ2v) is 6.77. The molecule has 0 aromatic heterocycles. The van der Waals surface area contributed by atoms with Crippen molar-refractivity contribution < 1.29 is 17.9 Å². The third-order valence-electron chi connectivity index (χ3n) is 3.05. The van der Waals surface area contributed by atoms with Crippen molar-refractivity contribution in [2.45, 2.75) is 24.9 Å². The summed E-state index contributed by atoms with van der Waals surface area (Å²) in [5.74, 6) is 0.142. The molecule has 2 rings (SSSR count). The van der Waals surface area contributed by atoms with Gasteiger partial charge in [-0.05, 0) is 12.8 Å². The molecule has 0 spiro atoms. The molecule has 2 unspecified atom stereocenters. The standard InChI is InChI=1S/C10H18N2O4S/c13-10(9-6-16-4-3-11-9)12-8-2-1-5-17(14,15)7-8/h8-9,11H,1-7H2,(H,12,13). The van der Waals surface area contributed by atoms with E-state index in [1.54, 1.807) is 0 Å². The van der Waals surface area contributed by atoms with E-state index < -0.39 is 9.84 Å². The second kappa shape index (κ2) is 5.32. The van der Waals surface area contributed by atoms with E-state index in [4.69, 9.17) is 4.74 Å². The highest BCUT2D eigenvalue weighted by atomic mass is 32.2. The Hall–Kier alpha value is -0.660. The summed E-state index contributed by atoms with van der Waals surface area (Å²) in [6.07, 6.45) is 1.36. The molecule has 0 radical (unpaired) electrons. The van der Waals surface area contributed by atoms with Crippen LogP contribution in [0.5, 0.6) is 0 Å². The van der Waals surface area contributed by atoms with Gasteiger partial charge in [0.05, 0.1) is 24.7 Å². The first kappa shape index (κ1) is 12.8. The van der Waals surface area contributed by atoms with Crippen LogP contribution >= 0.6 is 0 Å². The number of ether oxygens (including phenoxy) is 1. The van der Waals surface area contributed by atoms with Crippen LogP contribution in [0.15, 0.2) is 0 Å². The minimum absolute atomic E-state index is 0.0618. The zero-order chi connectivity index (χ0) is 12.3. The molecular weight excluding hydrogens is 244 g/mol. The molecule has 2 atom stereocenters. The molecule has 2 aliphatic rings. The van der Waals surface area contributed by atoms with Crippen molar-refractivity contribution >= 4 is 15.7 Å². The Labute approximate surface area is 101 Å². The fourth-order valence-electron chi connectivity index (χ4n) is 2.17. The molecule has 2 fully saturated rings. The topological polar surface area (TPSA) is 84.5 Å². The van der Waals surface area contributed by atoms with Gasteiger partial charge in [-0.2, -0.15) is 0 Å². The number of rotatable bonds is 2. The highest BCUT2D eigenvalue weighted by Gasteiger charge is 2.28. The summed E-state index contributed by atoms with van der Waals surface area (Å²) in [5.41, 5.74) is 0. The molecule has 0 saturated carbocycles. The maximum atomic E-state index is 11.8. The molecule has 2 heterocycles. The summed E-state index contributed by atoms with van der Waals surface area (Å²) in [7, 11) is -2.97. The Bertz CT molecular complexity index is 376. The van der Waals surface area contributed by atoms with Crippen molar-refractivity contribution in [2.75, 3.05) is 31.3 Å². The molecule has 17 heavy (non-hydrogen) atoms. The van der Waals surface area contributed by atoms with Gasteiger partial charge in [0.1, 0.15) is 6.04 Å². The first-order valence-corrected chi connectivity index (χ1v) is 7.71. The van der Waals surface area contributed by atoms with Gasteiger partial charge in [0.15, 0.2) is 9.84 Å². The SMILES string of the molecule is O=C(NC1CCCS(=O)(=O)C1)C1COCCN1. The lowest BCUT2D eigenvalue weighted by Gasteiger charge is -2.27. The maximum Gasteiger partial charge on any atom is 0.239 e. The Kier molecular flexibility index (Phi) is 4.01. The number of carbonyl (C=O) groups excluding carboxylic acids is 1. The zero-order valence-corrected chi connectivity index (χ0v) is 10.5. The molecule has 0 aromatic rings. The smallest absolute Gasteiger partial charge is 0.239 e. The van der Waals surface area contributed by atoms with Gasteiger partial charge in [0, 0.05) is 12.6 Å². The molecule has 7 heteroatoms. The molecule has 0 aromatic carbocycles. The van der Waals surface area contributed by atoms with Crippen LogP contribution in [-0.4, -0.2) is 57.7 Å². The lowest BCUT2D eigenvalue weighted by molar-refractivity contribution is -0.126. The van der Waals surface area contributed by atoms with Crippen LogP contribution in [0.4, 0.5) is 0 Å². The molecule has 98 valence electrons. The number of amides is 1. The predicted molar refractivity (Wildman–Crippen MR) is 62.4 cm³/mol. The summed E-state index contributed by atoms with van der Waals surface area (Å²) < 4.78 is 28.0. The molecule has 2 N–H and O–H groups in total. The number of sulfone groups is 1. The molecule has 0 bridgehead atoms. The molecule has 2 saturated heterocycles. The fourth-order valence-corrected chi connectivity index (χ4v) is 3.81. The number of morpholine rings is 1. The number of carbonyl (C=O) groups is 1. The first-order chi connectivity index (χ1) is 8.07. The summed E-state index contributed by atoms with van der Waals surface area (Å²) in [5, 5.41) is 5.83. The molecule has 1 amide bonds. The van der Waals surface area contributed by atoms with Crippen LogP contribution in [0, 0.1) is 0 Å². The number of nitrogens with one attached hydrogen (secondary N) is 2. The van der Waals surface area contributed by atoms with Gasteiger partial charge in [0.2, 0.25) is 5.91 Å². The molecule has 6 nitrogen and oxygen atoms in total. The van der Waals surface area contributed by atoms with Crippen LogP contribution in [0.25, 0.3) is 0 Å². The lowest BCUT2D eigenvalue weighted by Crippen LogP contribution is -2.55. The highest BCUT2D eigenvalue weighted by molar-refractivity contribution is 7.91. The van der Waals surface area contributed by atoms with Crippen molar-refractivity contribution in [1.29, 1.82) is 0 Å². The van der Waals surface area contributed by atoms with E-state index in [0.29, 0.717) is 26.2 Å². The van der Waals surface area contributed by atoms with Gasteiger partial charge >= 0.3 is 0 Å². The quantitative estimate of drug-likeness (QED) is 0.644.